The Morgan fingerprint density at radius 1 is 1.00 bits per heavy atom. The fourth-order valence-corrected chi connectivity index (χ4v) is 4.67. The van der Waals surface area contributed by atoms with Gasteiger partial charge in [0.1, 0.15) is 6.54 Å². The van der Waals surface area contributed by atoms with Crippen molar-refractivity contribution in [2.24, 2.45) is 0 Å². The minimum Gasteiger partial charge on any atom is -0.462 e. The summed E-state index contributed by atoms with van der Waals surface area (Å²) in [4.78, 5) is 25.2. The summed E-state index contributed by atoms with van der Waals surface area (Å²) in [6, 6.07) is 18.9. The van der Waals surface area contributed by atoms with Gasteiger partial charge in [0.15, 0.2) is 0 Å². The molecule has 3 aromatic carbocycles. The van der Waals surface area contributed by atoms with E-state index in [1.165, 1.54) is 30.3 Å². The van der Waals surface area contributed by atoms with Gasteiger partial charge in [-0.15, -0.1) is 0 Å². The smallest absolute Gasteiger partial charge is 0.340 e. The number of anilines is 2. The van der Waals surface area contributed by atoms with Crippen LogP contribution in [-0.2, 0) is 19.6 Å². The highest BCUT2D eigenvalue weighted by atomic mass is 35.5. The number of ether oxygens (including phenoxy) is 1. The predicted octanol–water partition coefficient (Wildman–Crippen LogP) is 4.66. The Bertz CT molecular complexity index is 1260. The summed E-state index contributed by atoms with van der Waals surface area (Å²) in [6.07, 6.45) is 0. The largest absolute Gasteiger partial charge is 0.462 e. The van der Waals surface area contributed by atoms with Crippen molar-refractivity contribution >= 4 is 44.9 Å². The summed E-state index contributed by atoms with van der Waals surface area (Å²) >= 11 is 5.91. The minimum atomic E-state index is -4.09. The maximum absolute atomic E-state index is 13.4. The maximum Gasteiger partial charge on any atom is 0.340 e. The van der Waals surface area contributed by atoms with Crippen LogP contribution >= 0.6 is 11.6 Å². The van der Waals surface area contributed by atoms with Gasteiger partial charge in [-0.3, -0.25) is 9.10 Å². The van der Waals surface area contributed by atoms with E-state index in [2.05, 4.69) is 5.32 Å². The van der Waals surface area contributed by atoms with E-state index in [0.717, 1.165) is 9.87 Å². The fourth-order valence-electron chi connectivity index (χ4n) is 3.13. The number of hydrogen-bond donors (Lipinski definition) is 1. The van der Waals surface area contributed by atoms with Gasteiger partial charge in [-0.1, -0.05) is 35.9 Å². The molecule has 0 atom stereocenters. The first kappa shape index (κ1) is 24.3. The molecular weight excluding hydrogens is 464 g/mol. The molecule has 3 rings (SSSR count). The van der Waals surface area contributed by atoms with Crippen LogP contribution in [0.25, 0.3) is 0 Å². The van der Waals surface area contributed by atoms with Crippen molar-refractivity contribution in [3.05, 3.63) is 88.9 Å². The Morgan fingerprint density at radius 2 is 1.70 bits per heavy atom. The molecule has 0 aliphatic carbocycles. The van der Waals surface area contributed by atoms with E-state index < -0.39 is 28.4 Å². The van der Waals surface area contributed by atoms with E-state index in [-0.39, 0.29) is 22.8 Å². The van der Waals surface area contributed by atoms with Crippen LogP contribution in [0.2, 0.25) is 5.02 Å². The standard InChI is InChI=1S/C24H23ClN2O5S/c1-3-32-24(29)21-9-4-5-10-22(21)26-23(28)16-27(19-8-6-7-17(2)15-19)33(30,31)20-13-11-18(25)12-14-20/h4-15H,3,16H2,1-2H3,(H,26,28). The summed E-state index contributed by atoms with van der Waals surface area (Å²) in [5.74, 6) is -1.21. The number of carbonyl (C=O) groups excluding carboxylic acids is 2. The summed E-state index contributed by atoms with van der Waals surface area (Å²) in [7, 11) is -4.09. The van der Waals surface area contributed by atoms with Crippen LogP contribution in [-0.4, -0.2) is 33.4 Å². The maximum atomic E-state index is 13.4. The second kappa shape index (κ2) is 10.5. The van der Waals surface area contributed by atoms with Gasteiger partial charge in [-0.25, -0.2) is 13.2 Å². The normalized spacial score (nSPS) is 11.0. The molecule has 0 spiro atoms. The highest BCUT2D eigenvalue weighted by Gasteiger charge is 2.28. The number of rotatable bonds is 8. The highest BCUT2D eigenvalue weighted by molar-refractivity contribution is 7.92. The van der Waals surface area contributed by atoms with Crippen molar-refractivity contribution in [2.45, 2.75) is 18.7 Å². The number of para-hydroxylation sites is 1. The molecule has 0 saturated heterocycles. The van der Waals surface area contributed by atoms with Crippen molar-refractivity contribution in [1.82, 2.24) is 0 Å². The molecule has 0 saturated carbocycles. The molecule has 1 amide bonds. The zero-order valence-corrected chi connectivity index (χ0v) is 19.7. The Balaban J connectivity index is 1.94. The average molecular weight is 487 g/mol. The lowest BCUT2D eigenvalue weighted by molar-refractivity contribution is -0.114. The van der Waals surface area contributed by atoms with Gasteiger partial charge >= 0.3 is 5.97 Å². The first-order valence-corrected chi connectivity index (χ1v) is 11.9. The van der Waals surface area contributed by atoms with Gasteiger partial charge in [-0.2, -0.15) is 0 Å². The second-order valence-corrected chi connectivity index (χ2v) is 9.42. The fraction of sp³-hybridized carbons (Fsp3) is 0.167. The van der Waals surface area contributed by atoms with Gasteiger partial charge in [0.2, 0.25) is 5.91 Å². The minimum absolute atomic E-state index is 0.00636. The number of sulfonamides is 1. The summed E-state index contributed by atoms with van der Waals surface area (Å²) in [6.45, 7) is 3.18. The number of hydrogen-bond acceptors (Lipinski definition) is 5. The van der Waals surface area contributed by atoms with E-state index in [1.54, 1.807) is 43.3 Å². The van der Waals surface area contributed by atoms with E-state index in [4.69, 9.17) is 16.3 Å². The van der Waals surface area contributed by atoms with Crippen molar-refractivity contribution in [3.63, 3.8) is 0 Å². The quantitative estimate of drug-likeness (QED) is 0.467. The molecule has 9 heteroatoms. The van der Waals surface area contributed by atoms with Gasteiger partial charge in [0.25, 0.3) is 10.0 Å². The number of aryl methyl sites for hydroxylation is 1. The molecule has 0 aromatic heterocycles. The Morgan fingerprint density at radius 3 is 2.36 bits per heavy atom. The average Bonchev–Trinajstić information content (AvgIpc) is 2.78. The molecule has 1 N–H and O–H groups in total. The number of carbonyl (C=O) groups is 2. The predicted molar refractivity (Wildman–Crippen MR) is 128 cm³/mol. The molecule has 0 fully saturated rings. The second-order valence-electron chi connectivity index (χ2n) is 7.12. The molecule has 0 heterocycles. The molecule has 7 nitrogen and oxygen atoms in total. The molecule has 0 bridgehead atoms. The lowest BCUT2D eigenvalue weighted by Crippen LogP contribution is -2.38. The van der Waals surface area contributed by atoms with E-state index >= 15 is 0 Å². The van der Waals surface area contributed by atoms with Crippen LogP contribution in [0.4, 0.5) is 11.4 Å². The van der Waals surface area contributed by atoms with Crippen LogP contribution in [0.1, 0.15) is 22.8 Å². The van der Waals surface area contributed by atoms with Gasteiger partial charge in [0.05, 0.1) is 28.4 Å². The molecule has 0 aliphatic heterocycles. The van der Waals surface area contributed by atoms with Crippen LogP contribution < -0.4 is 9.62 Å². The van der Waals surface area contributed by atoms with Crippen molar-refractivity contribution < 1.29 is 22.7 Å². The monoisotopic (exact) mass is 486 g/mol. The number of nitrogens with zero attached hydrogens (tertiary/aromatic N) is 1. The molecule has 0 aliphatic rings. The third kappa shape index (κ3) is 5.91. The van der Waals surface area contributed by atoms with Crippen molar-refractivity contribution in [2.75, 3.05) is 22.8 Å². The molecule has 172 valence electrons. The van der Waals surface area contributed by atoms with Crippen molar-refractivity contribution in [1.29, 1.82) is 0 Å². The summed E-state index contributed by atoms with van der Waals surface area (Å²) in [5, 5.41) is 3.02. The lowest BCUT2D eigenvalue weighted by Gasteiger charge is -2.24. The highest BCUT2D eigenvalue weighted by Crippen LogP contribution is 2.26. The lowest BCUT2D eigenvalue weighted by atomic mass is 10.2. The number of esters is 1. The van der Waals surface area contributed by atoms with Crippen LogP contribution in [0.3, 0.4) is 0 Å². The summed E-state index contributed by atoms with van der Waals surface area (Å²) < 4.78 is 32.9. The van der Waals surface area contributed by atoms with E-state index in [0.29, 0.717) is 10.7 Å². The van der Waals surface area contributed by atoms with Crippen molar-refractivity contribution in [3.8, 4) is 0 Å². The number of nitrogens with one attached hydrogen (secondary N) is 1. The molecule has 0 radical (unpaired) electrons. The van der Waals surface area contributed by atoms with Gasteiger partial charge < -0.3 is 10.1 Å². The first-order chi connectivity index (χ1) is 15.7. The number of benzene rings is 3. The topological polar surface area (TPSA) is 92.8 Å². The Labute approximate surface area is 198 Å². The Kier molecular flexibility index (Phi) is 7.73. The molecular formula is C24H23ClN2O5S. The SMILES string of the molecule is CCOC(=O)c1ccccc1NC(=O)CN(c1cccc(C)c1)S(=O)(=O)c1ccc(Cl)cc1. The number of halogens is 1. The van der Waals surface area contributed by atoms with E-state index in [9.17, 15) is 18.0 Å². The third-order valence-electron chi connectivity index (χ3n) is 4.67. The number of amides is 1. The zero-order valence-electron chi connectivity index (χ0n) is 18.1. The van der Waals surface area contributed by atoms with E-state index in [1.807, 2.05) is 13.0 Å². The van der Waals surface area contributed by atoms with Gasteiger partial charge in [0, 0.05) is 5.02 Å². The van der Waals surface area contributed by atoms with Crippen LogP contribution in [0.5, 0.6) is 0 Å². The van der Waals surface area contributed by atoms with Crippen LogP contribution in [0, 0.1) is 6.92 Å². The first-order valence-electron chi connectivity index (χ1n) is 10.1. The molecule has 0 unspecified atom stereocenters. The molecule has 33 heavy (non-hydrogen) atoms. The zero-order chi connectivity index (χ0) is 24.0. The van der Waals surface area contributed by atoms with Crippen LogP contribution in [0.15, 0.2) is 77.7 Å². The third-order valence-corrected chi connectivity index (χ3v) is 6.72. The van der Waals surface area contributed by atoms with Gasteiger partial charge in [-0.05, 0) is 67.9 Å². The Hall–Kier alpha value is -3.36. The summed E-state index contributed by atoms with van der Waals surface area (Å²) in [5.41, 5.74) is 1.57. The molecule has 3 aromatic rings.